The summed E-state index contributed by atoms with van der Waals surface area (Å²) in [4.78, 5) is 13.3. The minimum Gasteiger partial charge on any atom is -0.438 e. The van der Waals surface area contributed by atoms with E-state index < -0.39 is 39.8 Å². The van der Waals surface area contributed by atoms with Crippen molar-refractivity contribution in [2.75, 3.05) is 46.8 Å². The van der Waals surface area contributed by atoms with Gasteiger partial charge in [0.05, 0.1) is 0 Å². The number of alkyl halides is 3. The summed E-state index contributed by atoms with van der Waals surface area (Å²) in [6.45, 7) is 0.645. The van der Waals surface area contributed by atoms with Crippen LogP contribution in [0.4, 0.5) is 13.2 Å². The molecule has 1 fully saturated rings. The van der Waals surface area contributed by atoms with Gasteiger partial charge in [0.1, 0.15) is 6.04 Å². The van der Waals surface area contributed by atoms with Gasteiger partial charge in [-0.25, -0.2) is 12.7 Å². The van der Waals surface area contributed by atoms with Crippen molar-refractivity contribution in [1.82, 2.24) is 19.8 Å². The Bertz CT molecular complexity index is 727. The van der Waals surface area contributed by atoms with Gasteiger partial charge >= 0.3 is 6.18 Å². The first-order valence-electron chi connectivity index (χ1n) is 7.85. The Kier molecular flexibility index (Phi) is 6.32. The second-order valence-corrected chi connectivity index (χ2v) is 8.04. The fourth-order valence-electron chi connectivity index (χ4n) is 2.48. The van der Waals surface area contributed by atoms with Crippen LogP contribution in [0.5, 0.6) is 0 Å². The zero-order valence-corrected chi connectivity index (χ0v) is 15.2. The van der Waals surface area contributed by atoms with Crippen LogP contribution in [0.2, 0.25) is 0 Å². The molecule has 1 saturated heterocycles. The second-order valence-electron chi connectivity index (χ2n) is 5.96. The van der Waals surface area contributed by atoms with E-state index in [9.17, 15) is 26.4 Å². The average Bonchev–Trinajstić information content (AvgIpc) is 3.05. The van der Waals surface area contributed by atoms with Gasteiger partial charge in [0.25, 0.3) is 15.9 Å². The minimum atomic E-state index is -4.51. The van der Waals surface area contributed by atoms with Crippen molar-refractivity contribution in [2.24, 2.45) is 0 Å². The van der Waals surface area contributed by atoms with Gasteiger partial charge in [0.15, 0.2) is 5.76 Å². The van der Waals surface area contributed by atoms with Gasteiger partial charge in [-0.1, -0.05) is 0 Å². The number of halogens is 3. The molecule has 26 heavy (non-hydrogen) atoms. The fraction of sp³-hybridized carbons (Fsp3) is 0.643. The molecular weight excluding hydrogens is 377 g/mol. The number of furan rings is 1. The highest BCUT2D eigenvalue weighted by molar-refractivity contribution is 7.88. The van der Waals surface area contributed by atoms with Crippen molar-refractivity contribution in [3.63, 3.8) is 0 Å². The number of carbonyl (C=O) groups excluding carboxylic acids is 1. The minimum absolute atomic E-state index is 0.214. The molecule has 12 heteroatoms. The summed E-state index contributed by atoms with van der Waals surface area (Å²) < 4.78 is 69.6. The van der Waals surface area contributed by atoms with Crippen LogP contribution in [0.25, 0.3) is 0 Å². The summed E-state index contributed by atoms with van der Waals surface area (Å²) in [6, 6.07) is 0.370. The SMILES string of the molecule is CN(C)S(=O)(=O)c1ccc(C(=O)NCC(N2CCNCC2)C(F)(F)F)o1. The molecule has 0 aliphatic carbocycles. The lowest BCUT2D eigenvalue weighted by Gasteiger charge is -2.35. The monoisotopic (exact) mass is 398 g/mol. The first-order chi connectivity index (χ1) is 12.0. The Labute approximate surface area is 149 Å². The van der Waals surface area contributed by atoms with Crippen LogP contribution >= 0.6 is 0 Å². The van der Waals surface area contributed by atoms with Crippen molar-refractivity contribution in [1.29, 1.82) is 0 Å². The van der Waals surface area contributed by atoms with E-state index in [-0.39, 0.29) is 18.8 Å². The molecule has 0 spiro atoms. The number of nitrogens with one attached hydrogen (secondary N) is 2. The maximum atomic E-state index is 13.3. The van der Waals surface area contributed by atoms with Crippen molar-refractivity contribution < 1.29 is 30.8 Å². The van der Waals surface area contributed by atoms with Gasteiger partial charge in [-0.05, 0) is 12.1 Å². The molecule has 1 atom stereocenters. The lowest BCUT2D eigenvalue weighted by molar-refractivity contribution is -0.183. The van der Waals surface area contributed by atoms with Gasteiger partial charge in [0, 0.05) is 46.8 Å². The molecule has 2 rings (SSSR count). The third-order valence-electron chi connectivity index (χ3n) is 3.97. The summed E-state index contributed by atoms with van der Waals surface area (Å²) in [5.74, 6) is -1.28. The molecule has 148 valence electrons. The molecule has 1 aromatic heterocycles. The number of sulfonamides is 1. The van der Waals surface area contributed by atoms with E-state index in [4.69, 9.17) is 4.42 Å². The van der Waals surface area contributed by atoms with Gasteiger partial charge in [0.2, 0.25) is 5.09 Å². The maximum absolute atomic E-state index is 13.3. The Balaban J connectivity index is 2.05. The zero-order chi connectivity index (χ0) is 19.5. The third-order valence-corrected chi connectivity index (χ3v) is 5.66. The lowest BCUT2D eigenvalue weighted by atomic mass is 10.2. The van der Waals surface area contributed by atoms with Crippen LogP contribution < -0.4 is 10.6 Å². The van der Waals surface area contributed by atoms with Crippen molar-refractivity contribution in [2.45, 2.75) is 17.3 Å². The molecular formula is C14H21F3N4O4S. The molecule has 0 radical (unpaired) electrons. The smallest absolute Gasteiger partial charge is 0.405 e. The van der Waals surface area contributed by atoms with E-state index in [0.29, 0.717) is 13.1 Å². The van der Waals surface area contributed by atoms with Gasteiger partial charge < -0.3 is 15.1 Å². The number of amides is 1. The van der Waals surface area contributed by atoms with E-state index in [1.54, 1.807) is 0 Å². The predicted molar refractivity (Wildman–Crippen MR) is 86.2 cm³/mol. The van der Waals surface area contributed by atoms with Crippen LogP contribution in [-0.4, -0.2) is 82.6 Å². The summed E-state index contributed by atoms with van der Waals surface area (Å²) in [5, 5.41) is 4.68. The number of piperazine rings is 1. The second kappa shape index (κ2) is 7.94. The molecule has 2 N–H and O–H groups in total. The van der Waals surface area contributed by atoms with Crippen LogP contribution in [0.15, 0.2) is 21.6 Å². The van der Waals surface area contributed by atoms with E-state index in [1.807, 2.05) is 0 Å². The number of rotatable bonds is 6. The first kappa shape index (κ1) is 20.7. The standard InChI is InChI=1S/C14H21F3N4O4S/c1-20(2)26(23,24)12-4-3-10(25-12)13(22)19-9-11(14(15,16)17)21-7-5-18-6-8-21/h3-4,11,18H,5-9H2,1-2H3,(H,19,22). The quantitative estimate of drug-likeness (QED) is 0.706. The van der Waals surface area contributed by atoms with Gasteiger partial charge in [-0.3, -0.25) is 9.69 Å². The molecule has 2 heterocycles. The fourth-order valence-corrected chi connectivity index (χ4v) is 3.28. The van der Waals surface area contributed by atoms with Crippen molar-refractivity contribution in [3.05, 3.63) is 17.9 Å². The number of hydrogen-bond donors (Lipinski definition) is 2. The number of hydrogen-bond acceptors (Lipinski definition) is 6. The molecule has 8 nitrogen and oxygen atoms in total. The Morgan fingerprint density at radius 3 is 2.50 bits per heavy atom. The topological polar surface area (TPSA) is 94.9 Å². The maximum Gasteiger partial charge on any atom is 0.405 e. The molecule has 0 aromatic carbocycles. The van der Waals surface area contributed by atoms with Gasteiger partial charge in [-0.15, -0.1) is 0 Å². The third kappa shape index (κ3) is 4.75. The van der Waals surface area contributed by atoms with E-state index >= 15 is 0 Å². The van der Waals surface area contributed by atoms with Crippen LogP contribution in [-0.2, 0) is 10.0 Å². The van der Waals surface area contributed by atoms with E-state index in [2.05, 4.69) is 10.6 Å². The average molecular weight is 398 g/mol. The summed E-state index contributed by atoms with van der Waals surface area (Å²) in [7, 11) is -1.29. The molecule has 0 saturated carbocycles. The molecule has 0 bridgehead atoms. The highest BCUT2D eigenvalue weighted by Crippen LogP contribution is 2.25. The summed E-state index contributed by atoms with van der Waals surface area (Å²) in [5.41, 5.74) is 0. The van der Waals surface area contributed by atoms with Crippen LogP contribution in [0, 0.1) is 0 Å². The molecule has 1 aliphatic rings. The van der Waals surface area contributed by atoms with E-state index in [1.165, 1.54) is 19.0 Å². The number of carbonyl (C=O) groups is 1. The normalized spacial score (nSPS) is 18.1. The van der Waals surface area contributed by atoms with E-state index in [0.717, 1.165) is 16.4 Å². The van der Waals surface area contributed by atoms with Crippen molar-refractivity contribution in [3.8, 4) is 0 Å². The Hall–Kier alpha value is -1.63. The molecule has 1 aromatic rings. The molecule has 1 unspecified atom stereocenters. The number of nitrogens with zero attached hydrogens (tertiary/aromatic N) is 2. The lowest BCUT2D eigenvalue weighted by Crippen LogP contribution is -2.57. The summed E-state index contributed by atoms with van der Waals surface area (Å²) >= 11 is 0. The highest BCUT2D eigenvalue weighted by Gasteiger charge is 2.44. The molecule has 1 aliphatic heterocycles. The van der Waals surface area contributed by atoms with Gasteiger partial charge in [-0.2, -0.15) is 13.2 Å². The predicted octanol–water partition coefficient (Wildman–Crippen LogP) is 0.0958. The largest absolute Gasteiger partial charge is 0.438 e. The van der Waals surface area contributed by atoms with Crippen LogP contribution in [0.3, 0.4) is 0 Å². The summed E-state index contributed by atoms with van der Waals surface area (Å²) in [6.07, 6.45) is -4.51. The van der Waals surface area contributed by atoms with Crippen molar-refractivity contribution >= 4 is 15.9 Å². The van der Waals surface area contributed by atoms with Crippen LogP contribution in [0.1, 0.15) is 10.6 Å². The Morgan fingerprint density at radius 2 is 1.96 bits per heavy atom. The zero-order valence-electron chi connectivity index (χ0n) is 14.3. The highest BCUT2D eigenvalue weighted by atomic mass is 32.2. The Morgan fingerprint density at radius 1 is 1.35 bits per heavy atom. The molecule has 1 amide bonds. The first-order valence-corrected chi connectivity index (χ1v) is 9.29.